The van der Waals surface area contributed by atoms with Gasteiger partial charge in [0.15, 0.2) is 0 Å². The zero-order valence-electron chi connectivity index (χ0n) is 14.9. The summed E-state index contributed by atoms with van der Waals surface area (Å²) in [5, 5.41) is 6.78. The molecule has 0 bridgehead atoms. The first kappa shape index (κ1) is 16.7. The van der Waals surface area contributed by atoms with Gasteiger partial charge >= 0.3 is 0 Å². The summed E-state index contributed by atoms with van der Waals surface area (Å²) in [6.45, 7) is 0. The summed E-state index contributed by atoms with van der Waals surface area (Å²) in [5.41, 5.74) is 13.1. The van der Waals surface area contributed by atoms with Gasteiger partial charge in [-0.3, -0.25) is 0 Å². The minimum absolute atomic E-state index is 0.765. The Labute approximate surface area is 159 Å². The zero-order chi connectivity index (χ0) is 18.5. The third-order valence-corrected chi connectivity index (χ3v) is 4.36. The highest BCUT2D eigenvalue weighted by molar-refractivity contribution is 5.71. The van der Waals surface area contributed by atoms with Crippen molar-refractivity contribution in [2.24, 2.45) is 0 Å². The summed E-state index contributed by atoms with van der Waals surface area (Å²) >= 11 is 0. The molecule has 0 aliphatic rings. The van der Waals surface area contributed by atoms with Crippen molar-refractivity contribution in [1.29, 1.82) is 0 Å². The lowest BCUT2D eigenvalue weighted by atomic mass is 10.0. The summed E-state index contributed by atoms with van der Waals surface area (Å²) in [6, 6.07) is 34.8. The maximum atomic E-state index is 5.73. The number of anilines is 5. The number of para-hydroxylation sites is 1. The average molecular weight is 351 g/mol. The number of hydrogen-bond acceptors (Lipinski definition) is 3. The molecule has 0 saturated carbocycles. The van der Waals surface area contributed by atoms with Gasteiger partial charge in [0.2, 0.25) is 0 Å². The molecule has 27 heavy (non-hydrogen) atoms. The number of hydrogen-bond donors (Lipinski definition) is 3. The number of nitrogens with one attached hydrogen (secondary N) is 2. The molecule has 0 unspecified atom stereocenters. The molecule has 0 aromatic heterocycles. The Morgan fingerprint density at radius 2 is 0.778 bits per heavy atom. The second kappa shape index (κ2) is 7.67. The first-order valence-electron chi connectivity index (χ1n) is 8.91. The lowest BCUT2D eigenvalue weighted by Crippen LogP contribution is -1.91. The number of benzene rings is 4. The minimum Gasteiger partial charge on any atom is -0.399 e. The van der Waals surface area contributed by atoms with Gasteiger partial charge in [-0.1, -0.05) is 42.5 Å². The summed E-state index contributed by atoms with van der Waals surface area (Å²) in [7, 11) is 0. The fraction of sp³-hybridized carbons (Fsp3) is 0. The van der Waals surface area contributed by atoms with Crippen LogP contribution in [0.1, 0.15) is 0 Å². The lowest BCUT2D eigenvalue weighted by Gasteiger charge is -2.09. The first-order valence-corrected chi connectivity index (χ1v) is 8.91. The third kappa shape index (κ3) is 4.28. The molecule has 0 aliphatic carbocycles. The van der Waals surface area contributed by atoms with Gasteiger partial charge in [0, 0.05) is 28.4 Å². The maximum Gasteiger partial charge on any atom is 0.0385 e. The van der Waals surface area contributed by atoms with Gasteiger partial charge in [0.25, 0.3) is 0 Å². The quantitative estimate of drug-likeness (QED) is 0.363. The van der Waals surface area contributed by atoms with E-state index in [4.69, 9.17) is 5.73 Å². The minimum atomic E-state index is 0.765. The molecular weight excluding hydrogens is 330 g/mol. The molecule has 0 radical (unpaired) electrons. The highest BCUT2D eigenvalue weighted by Gasteiger charge is 2.00. The van der Waals surface area contributed by atoms with Gasteiger partial charge in [-0.05, 0) is 71.8 Å². The van der Waals surface area contributed by atoms with Gasteiger partial charge in [0.05, 0.1) is 0 Å². The van der Waals surface area contributed by atoms with E-state index in [0.717, 1.165) is 28.4 Å². The molecule has 0 spiro atoms. The molecule has 0 fully saturated rings. The average Bonchev–Trinajstić information content (AvgIpc) is 2.72. The molecule has 0 atom stereocenters. The van der Waals surface area contributed by atoms with E-state index in [0.29, 0.717) is 0 Å². The topological polar surface area (TPSA) is 50.1 Å². The second-order valence-corrected chi connectivity index (χ2v) is 6.39. The fourth-order valence-electron chi connectivity index (χ4n) is 2.91. The molecule has 0 saturated heterocycles. The van der Waals surface area contributed by atoms with E-state index < -0.39 is 0 Å². The Kier molecular flexibility index (Phi) is 4.75. The maximum absolute atomic E-state index is 5.73. The van der Waals surface area contributed by atoms with Gasteiger partial charge in [-0.15, -0.1) is 0 Å². The van der Waals surface area contributed by atoms with E-state index in [1.54, 1.807) is 0 Å². The van der Waals surface area contributed by atoms with Crippen molar-refractivity contribution in [1.82, 2.24) is 0 Å². The van der Waals surface area contributed by atoms with Crippen molar-refractivity contribution in [3.8, 4) is 11.1 Å². The van der Waals surface area contributed by atoms with Crippen LogP contribution in [0, 0.1) is 0 Å². The zero-order valence-corrected chi connectivity index (χ0v) is 14.9. The molecule has 4 aromatic carbocycles. The van der Waals surface area contributed by atoms with Crippen LogP contribution < -0.4 is 16.4 Å². The van der Waals surface area contributed by atoms with E-state index in [1.165, 1.54) is 11.1 Å². The van der Waals surface area contributed by atoms with Crippen LogP contribution in [0.15, 0.2) is 103 Å². The van der Waals surface area contributed by atoms with E-state index >= 15 is 0 Å². The molecule has 4 rings (SSSR count). The van der Waals surface area contributed by atoms with Crippen molar-refractivity contribution < 1.29 is 0 Å². The van der Waals surface area contributed by atoms with Crippen LogP contribution in [0.25, 0.3) is 11.1 Å². The van der Waals surface area contributed by atoms with Crippen molar-refractivity contribution in [3.63, 3.8) is 0 Å². The molecule has 0 aliphatic heterocycles. The predicted molar refractivity (Wildman–Crippen MR) is 116 cm³/mol. The van der Waals surface area contributed by atoms with Gasteiger partial charge in [-0.2, -0.15) is 0 Å². The van der Waals surface area contributed by atoms with Crippen LogP contribution >= 0.6 is 0 Å². The van der Waals surface area contributed by atoms with Gasteiger partial charge < -0.3 is 16.4 Å². The van der Waals surface area contributed by atoms with Gasteiger partial charge in [0.1, 0.15) is 0 Å². The monoisotopic (exact) mass is 351 g/mol. The summed E-state index contributed by atoms with van der Waals surface area (Å²) in [4.78, 5) is 0. The first-order chi connectivity index (χ1) is 13.3. The lowest BCUT2D eigenvalue weighted by molar-refractivity contribution is 1.52. The normalized spacial score (nSPS) is 10.4. The molecule has 4 N–H and O–H groups in total. The molecule has 0 amide bonds. The fourth-order valence-corrected chi connectivity index (χ4v) is 2.91. The van der Waals surface area contributed by atoms with Crippen LogP contribution in [0.2, 0.25) is 0 Å². The largest absolute Gasteiger partial charge is 0.399 e. The number of nitrogens with two attached hydrogens (primary N) is 1. The van der Waals surface area contributed by atoms with Crippen molar-refractivity contribution in [2.75, 3.05) is 16.4 Å². The van der Waals surface area contributed by atoms with E-state index in [-0.39, 0.29) is 0 Å². The van der Waals surface area contributed by atoms with Crippen LogP contribution in [-0.2, 0) is 0 Å². The van der Waals surface area contributed by atoms with Crippen molar-refractivity contribution in [3.05, 3.63) is 103 Å². The Balaban J connectivity index is 1.44. The van der Waals surface area contributed by atoms with Crippen molar-refractivity contribution in [2.45, 2.75) is 0 Å². The molecular formula is C24H21N3. The summed E-state index contributed by atoms with van der Waals surface area (Å²) in [6.07, 6.45) is 0. The third-order valence-electron chi connectivity index (χ3n) is 4.36. The van der Waals surface area contributed by atoms with E-state index in [9.17, 15) is 0 Å². The molecule has 3 heteroatoms. The van der Waals surface area contributed by atoms with E-state index in [1.807, 2.05) is 42.5 Å². The Morgan fingerprint density at radius 1 is 0.407 bits per heavy atom. The smallest absolute Gasteiger partial charge is 0.0385 e. The molecule has 0 heterocycles. The van der Waals surface area contributed by atoms with Crippen LogP contribution in [0.4, 0.5) is 28.4 Å². The van der Waals surface area contributed by atoms with Crippen molar-refractivity contribution >= 4 is 28.4 Å². The highest BCUT2D eigenvalue weighted by atomic mass is 14.9. The van der Waals surface area contributed by atoms with Crippen LogP contribution in [0.5, 0.6) is 0 Å². The van der Waals surface area contributed by atoms with E-state index in [2.05, 4.69) is 71.3 Å². The standard InChI is InChI=1S/C24H21N3/c25-20-10-16-24(17-11-20)27-23-14-8-19(9-15-23)18-6-12-22(13-7-18)26-21-4-2-1-3-5-21/h1-17,26-27H,25H2. The van der Waals surface area contributed by atoms with Crippen LogP contribution in [-0.4, -0.2) is 0 Å². The Morgan fingerprint density at radius 3 is 1.22 bits per heavy atom. The predicted octanol–water partition coefficient (Wildman–Crippen LogP) is 6.42. The van der Waals surface area contributed by atoms with Crippen LogP contribution in [0.3, 0.4) is 0 Å². The SMILES string of the molecule is Nc1ccc(Nc2ccc(-c3ccc(Nc4ccccc4)cc3)cc2)cc1. The second-order valence-electron chi connectivity index (χ2n) is 6.39. The Bertz CT molecular complexity index is 990. The summed E-state index contributed by atoms with van der Waals surface area (Å²) < 4.78 is 0. The number of rotatable bonds is 5. The molecule has 132 valence electrons. The molecule has 4 aromatic rings. The highest BCUT2D eigenvalue weighted by Crippen LogP contribution is 2.26. The summed E-state index contributed by atoms with van der Waals surface area (Å²) in [5.74, 6) is 0. The van der Waals surface area contributed by atoms with Gasteiger partial charge in [-0.25, -0.2) is 0 Å². The molecule has 3 nitrogen and oxygen atoms in total. The number of nitrogen functional groups attached to an aromatic ring is 1. The Hall–Kier alpha value is -3.72.